The summed E-state index contributed by atoms with van der Waals surface area (Å²) in [6.07, 6.45) is 2.23. The van der Waals surface area contributed by atoms with E-state index in [2.05, 4.69) is 10.2 Å². The molecule has 136 valence electrons. The number of carbonyl (C=O) groups is 2. The van der Waals surface area contributed by atoms with E-state index in [-0.39, 0.29) is 11.7 Å². The molecule has 0 atom stereocenters. The fourth-order valence-corrected chi connectivity index (χ4v) is 3.43. The summed E-state index contributed by atoms with van der Waals surface area (Å²) < 4.78 is 0. The van der Waals surface area contributed by atoms with Crippen molar-refractivity contribution in [2.24, 2.45) is 0 Å². The highest BCUT2D eigenvalue weighted by molar-refractivity contribution is 6.09. The summed E-state index contributed by atoms with van der Waals surface area (Å²) >= 11 is 0. The largest absolute Gasteiger partial charge is 0.356 e. The number of anilines is 2. The minimum Gasteiger partial charge on any atom is -0.356 e. The van der Waals surface area contributed by atoms with Crippen molar-refractivity contribution in [1.29, 1.82) is 0 Å². The van der Waals surface area contributed by atoms with Crippen LogP contribution in [0.25, 0.3) is 10.9 Å². The lowest BCUT2D eigenvalue weighted by atomic mass is 10.1. The SMILES string of the molecule is CC(=O)c1ccc(NC(=O)c2cc3ccccc3nc2N2CCCC2)cc1. The van der Waals surface area contributed by atoms with E-state index in [1.807, 2.05) is 30.3 Å². The number of aromatic nitrogens is 1. The van der Waals surface area contributed by atoms with Gasteiger partial charge in [-0.25, -0.2) is 4.98 Å². The number of para-hydroxylation sites is 1. The Balaban J connectivity index is 1.69. The van der Waals surface area contributed by atoms with Gasteiger partial charge in [0.05, 0.1) is 11.1 Å². The number of pyridine rings is 1. The van der Waals surface area contributed by atoms with Gasteiger partial charge < -0.3 is 10.2 Å². The lowest BCUT2D eigenvalue weighted by Gasteiger charge is -2.20. The zero-order chi connectivity index (χ0) is 18.8. The molecule has 3 aromatic rings. The molecule has 0 radical (unpaired) electrons. The third-order valence-electron chi connectivity index (χ3n) is 4.90. The fourth-order valence-electron chi connectivity index (χ4n) is 3.43. The molecular formula is C22H21N3O2. The van der Waals surface area contributed by atoms with Gasteiger partial charge >= 0.3 is 0 Å². The number of hydrogen-bond donors (Lipinski definition) is 1. The molecule has 0 bridgehead atoms. The predicted molar refractivity (Wildman–Crippen MR) is 108 cm³/mol. The van der Waals surface area contributed by atoms with E-state index < -0.39 is 0 Å². The first-order valence-electron chi connectivity index (χ1n) is 9.19. The molecule has 4 rings (SSSR count). The van der Waals surface area contributed by atoms with Crippen LogP contribution in [0.1, 0.15) is 40.5 Å². The van der Waals surface area contributed by atoms with Gasteiger partial charge in [0, 0.05) is 29.7 Å². The second-order valence-electron chi connectivity index (χ2n) is 6.83. The highest BCUT2D eigenvalue weighted by Crippen LogP contribution is 2.27. The Bertz CT molecular complexity index is 1010. The van der Waals surface area contributed by atoms with Gasteiger partial charge in [0.15, 0.2) is 5.78 Å². The number of ketones is 1. The molecule has 0 aliphatic carbocycles. The Morgan fingerprint density at radius 3 is 2.41 bits per heavy atom. The van der Waals surface area contributed by atoms with Crippen LogP contribution in [-0.4, -0.2) is 29.8 Å². The van der Waals surface area contributed by atoms with E-state index in [0.717, 1.165) is 42.7 Å². The maximum absolute atomic E-state index is 13.0. The highest BCUT2D eigenvalue weighted by Gasteiger charge is 2.22. The van der Waals surface area contributed by atoms with Crippen molar-refractivity contribution in [3.05, 3.63) is 65.7 Å². The average Bonchev–Trinajstić information content (AvgIpc) is 3.22. The maximum Gasteiger partial charge on any atom is 0.259 e. The quantitative estimate of drug-likeness (QED) is 0.706. The Morgan fingerprint density at radius 2 is 1.70 bits per heavy atom. The Labute approximate surface area is 158 Å². The van der Waals surface area contributed by atoms with Gasteiger partial charge in [0.1, 0.15) is 5.82 Å². The summed E-state index contributed by atoms with van der Waals surface area (Å²) in [5, 5.41) is 3.88. The lowest BCUT2D eigenvalue weighted by Crippen LogP contribution is -2.24. The molecule has 5 nitrogen and oxygen atoms in total. The average molecular weight is 359 g/mol. The van der Waals surface area contributed by atoms with Crippen molar-refractivity contribution in [2.75, 3.05) is 23.3 Å². The number of benzene rings is 2. The Hall–Kier alpha value is -3.21. The number of fused-ring (bicyclic) bond motifs is 1. The topological polar surface area (TPSA) is 62.3 Å². The van der Waals surface area contributed by atoms with E-state index in [1.54, 1.807) is 24.3 Å². The minimum atomic E-state index is -0.189. The van der Waals surface area contributed by atoms with Crippen LogP contribution in [-0.2, 0) is 0 Å². The molecule has 27 heavy (non-hydrogen) atoms. The molecule has 1 fully saturated rings. The monoisotopic (exact) mass is 359 g/mol. The van der Waals surface area contributed by atoms with Gasteiger partial charge in [-0.3, -0.25) is 9.59 Å². The van der Waals surface area contributed by atoms with E-state index in [4.69, 9.17) is 4.98 Å². The van der Waals surface area contributed by atoms with Crippen molar-refractivity contribution in [3.63, 3.8) is 0 Å². The van der Waals surface area contributed by atoms with Crippen LogP contribution in [0, 0.1) is 0 Å². The summed E-state index contributed by atoms with van der Waals surface area (Å²) in [4.78, 5) is 31.4. The molecule has 1 aliphatic rings. The highest BCUT2D eigenvalue weighted by atomic mass is 16.1. The molecule has 1 aromatic heterocycles. The second-order valence-corrected chi connectivity index (χ2v) is 6.83. The van der Waals surface area contributed by atoms with Gasteiger partial charge in [0.2, 0.25) is 0 Å². The Kier molecular flexibility index (Phi) is 4.59. The van der Waals surface area contributed by atoms with Crippen molar-refractivity contribution in [2.45, 2.75) is 19.8 Å². The van der Waals surface area contributed by atoms with Crippen LogP contribution in [0.3, 0.4) is 0 Å². The number of hydrogen-bond acceptors (Lipinski definition) is 4. The van der Waals surface area contributed by atoms with Crippen molar-refractivity contribution < 1.29 is 9.59 Å². The molecule has 1 saturated heterocycles. The van der Waals surface area contributed by atoms with Crippen LogP contribution in [0.15, 0.2) is 54.6 Å². The van der Waals surface area contributed by atoms with E-state index in [0.29, 0.717) is 16.8 Å². The second kappa shape index (κ2) is 7.19. The fraction of sp³-hybridized carbons (Fsp3) is 0.227. The number of amides is 1. The number of carbonyl (C=O) groups excluding carboxylic acids is 2. The number of rotatable bonds is 4. The molecule has 0 unspecified atom stereocenters. The van der Waals surface area contributed by atoms with Gasteiger partial charge in [-0.05, 0) is 56.2 Å². The zero-order valence-corrected chi connectivity index (χ0v) is 15.2. The summed E-state index contributed by atoms with van der Waals surface area (Å²) in [5.41, 5.74) is 2.75. The molecule has 5 heteroatoms. The first-order valence-corrected chi connectivity index (χ1v) is 9.19. The van der Waals surface area contributed by atoms with Gasteiger partial charge in [-0.1, -0.05) is 18.2 Å². The minimum absolute atomic E-state index is 0.00271. The summed E-state index contributed by atoms with van der Waals surface area (Å²) in [7, 11) is 0. The first-order chi connectivity index (χ1) is 13.1. The van der Waals surface area contributed by atoms with Crippen LogP contribution in [0.2, 0.25) is 0 Å². The predicted octanol–water partition coefficient (Wildman–Crippen LogP) is 4.29. The lowest BCUT2D eigenvalue weighted by molar-refractivity contribution is 0.101. The number of nitrogens with one attached hydrogen (secondary N) is 1. The van der Waals surface area contributed by atoms with Crippen LogP contribution in [0.5, 0.6) is 0 Å². The van der Waals surface area contributed by atoms with Crippen LogP contribution in [0.4, 0.5) is 11.5 Å². The van der Waals surface area contributed by atoms with Crippen molar-refractivity contribution in [1.82, 2.24) is 4.98 Å². The summed E-state index contributed by atoms with van der Waals surface area (Å²) in [6, 6.07) is 16.7. The van der Waals surface area contributed by atoms with E-state index in [1.165, 1.54) is 6.92 Å². The zero-order valence-electron chi connectivity index (χ0n) is 15.2. The number of Topliss-reactive ketones (excluding diaryl/α,β-unsaturated/α-hetero) is 1. The normalized spacial score (nSPS) is 13.7. The van der Waals surface area contributed by atoms with Gasteiger partial charge in [0.25, 0.3) is 5.91 Å². The third kappa shape index (κ3) is 3.53. The molecule has 1 aliphatic heterocycles. The number of nitrogens with zero attached hydrogens (tertiary/aromatic N) is 2. The Morgan fingerprint density at radius 1 is 1.00 bits per heavy atom. The standard InChI is InChI=1S/C22H21N3O2/c1-15(26)16-8-10-18(11-9-16)23-22(27)19-14-17-6-2-3-7-20(17)24-21(19)25-12-4-5-13-25/h2-3,6-11,14H,4-5,12-13H2,1H3,(H,23,27). The first kappa shape index (κ1) is 17.2. The van der Waals surface area contributed by atoms with Crippen molar-refractivity contribution >= 4 is 34.1 Å². The molecule has 0 saturated carbocycles. The maximum atomic E-state index is 13.0. The van der Waals surface area contributed by atoms with Gasteiger partial charge in [-0.15, -0.1) is 0 Å². The summed E-state index contributed by atoms with van der Waals surface area (Å²) in [6.45, 7) is 3.36. The van der Waals surface area contributed by atoms with Crippen LogP contribution < -0.4 is 10.2 Å². The smallest absolute Gasteiger partial charge is 0.259 e. The van der Waals surface area contributed by atoms with Gasteiger partial charge in [-0.2, -0.15) is 0 Å². The molecular weight excluding hydrogens is 338 g/mol. The molecule has 2 aromatic carbocycles. The van der Waals surface area contributed by atoms with E-state index >= 15 is 0 Å². The molecule has 2 heterocycles. The molecule has 1 amide bonds. The molecule has 0 spiro atoms. The van der Waals surface area contributed by atoms with Crippen molar-refractivity contribution in [3.8, 4) is 0 Å². The van der Waals surface area contributed by atoms with E-state index in [9.17, 15) is 9.59 Å². The van der Waals surface area contributed by atoms with Crippen LogP contribution >= 0.6 is 0 Å². The molecule has 1 N–H and O–H groups in total. The summed E-state index contributed by atoms with van der Waals surface area (Å²) in [5.74, 6) is 0.553. The third-order valence-corrected chi connectivity index (χ3v) is 4.90.